The standard InChI is InChI=1S/C31H37N3O2/c35-30(32-16-6-1-7-17-32)25-11-8-18-34(22-25)26-14-19-33(20-15-26)31(36)29-27-12-4-2-9-23(27)21-24-10-3-5-13-28(24)29/h2-5,9-10,12-13,21,25-26H,1,6-8,11,14-20,22H2/t25-/m1/s1. The van der Waals surface area contributed by atoms with Crippen LogP contribution in [0.25, 0.3) is 21.5 Å². The molecule has 2 amide bonds. The Balaban J connectivity index is 1.15. The van der Waals surface area contributed by atoms with Gasteiger partial charge in [0.15, 0.2) is 0 Å². The smallest absolute Gasteiger partial charge is 0.255 e. The Kier molecular flexibility index (Phi) is 6.66. The molecule has 3 fully saturated rings. The second-order valence-electron chi connectivity index (χ2n) is 10.9. The number of carbonyl (C=O) groups excluding carboxylic acids is 2. The Hall–Kier alpha value is -2.92. The summed E-state index contributed by atoms with van der Waals surface area (Å²) in [7, 11) is 0. The third kappa shape index (κ3) is 4.50. The van der Waals surface area contributed by atoms with E-state index in [-0.39, 0.29) is 11.8 Å². The van der Waals surface area contributed by atoms with Gasteiger partial charge in [-0.15, -0.1) is 0 Å². The van der Waals surface area contributed by atoms with Gasteiger partial charge in [0.1, 0.15) is 0 Å². The fraction of sp³-hybridized carbons (Fsp3) is 0.484. The van der Waals surface area contributed by atoms with Crippen LogP contribution in [-0.4, -0.2) is 71.8 Å². The molecule has 0 aliphatic carbocycles. The SMILES string of the molecule is O=C(c1c2ccccc2cc2ccccc12)N1CCC(N2CCC[C@@H](C(=O)N3CCCCC3)C2)CC1. The normalized spacial score (nSPS) is 22.3. The van der Waals surface area contributed by atoms with Gasteiger partial charge in [0.05, 0.1) is 11.5 Å². The van der Waals surface area contributed by atoms with Crippen LogP contribution in [0.15, 0.2) is 54.6 Å². The molecule has 1 atom stereocenters. The van der Waals surface area contributed by atoms with Gasteiger partial charge >= 0.3 is 0 Å². The van der Waals surface area contributed by atoms with E-state index in [0.29, 0.717) is 11.9 Å². The van der Waals surface area contributed by atoms with Crippen molar-refractivity contribution >= 4 is 33.4 Å². The molecule has 0 N–H and O–H groups in total. The van der Waals surface area contributed by atoms with Crippen LogP contribution in [0.4, 0.5) is 0 Å². The van der Waals surface area contributed by atoms with E-state index in [2.05, 4.69) is 45.0 Å². The van der Waals surface area contributed by atoms with Crippen molar-refractivity contribution in [1.29, 1.82) is 0 Å². The highest BCUT2D eigenvalue weighted by molar-refractivity contribution is 6.18. The number of hydrogen-bond donors (Lipinski definition) is 0. The Morgan fingerprint density at radius 3 is 1.97 bits per heavy atom. The van der Waals surface area contributed by atoms with Crippen molar-refractivity contribution in [2.75, 3.05) is 39.3 Å². The second kappa shape index (κ2) is 10.2. The summed E-state index contributed by atoms with van der Waals surface area (Å²) in [5.74, 6) is 0.687. The predicted molar refractivity (Wildman–Crippen MR) is 145 cm³/mol. The number of carbonyl (C=O) groups is 2. The number of likely N-dealkylation sites (tertiary alicyclic amines) is 3. The molecule has 3 heterocycles. The fourth-order valence-corrected chi connectivity index (χ4v) is 6.75. The zero-order chi connectivity index (χ0) is 24.5. The second-order valence-corrected chi connectivity index (χ2v) is 10.9. The van der Waals surface area contributed by atoms with E-state index in [1.165, 1.54) is 6.42 Å². The van der Waals surface area contributed by atoms with Gasteiger partial charge in [-0.1, -0.05) is 48.5 Å². The molecule has 0 radical (unpaired) electrons. The van der Waals surface area contributed by atoms with E-state index in [9.17, 15) is 9.59 Å². The number of amides is 2. The van der Waals surface area contributed by atoms with Crippen molar-refractivity contribution in [3.63, 3.8) is 0 Å². The summed E-state index contributed by atoms with van der Waals surface area (Å²) in [5, 5.41) is 4.32. The highest BCUT2D eigenvalue weighted by atomic mass is 16.2. The third-order valence-corrected chi connectivity index (χ3v) is 8.72. The van der Waals surface area contributed by atoms with Crippen LogP contribution < -0.4 is 0 Å². The topological polar surface area (TPSA) is 43.9 Å². The van der Waals surface area contributed by atoms with Crippen LogP contribution in [0.1, 0.15) is 55.3 Å². The minimum absolute atomic E-state index is 0.151. The lowest BCUT2D eigenvalue weighted by molar-refractivity contribution is -0.138. The first-order valence-electron chi connectivity index (χ1n) is 13.9. The molecular weight excluding hydrogens is 446 g/mol. The molecule has 188 valence electrons. The maximum atomic E-state index is 13.9. The lowest BCUT2D eigenvalue weighted by Crippen LogP contribution is -2.52. The first kappa shape index (κ1) is 23.5. The van der Waals surface area contributed by atoms with Crippen LogP contribution in [0.3, 0.4) is 0 Å². The summed E-state index contributed by atoms with van der Waals surface area (Å²) in [6, 6.07) is 19.1. The van der Waals surface area contributed by atoms with Gasteiger partial charge in [0, 0.05) is 38.8 Å². The molecule has 6 rings (SSSR count). The number of rotatable bonds is 3. The largest absolute Gasteiger partial charge is 0.342 e. The van der Waals surface area contributed by atoms with Gasteiger partial charge in [-0.2, -0.15) is 0 Å². The van der Waals surface area contributed by atoms with Crippen LogP contribution in [-0.2, 0) is 4.79 Å². The summed E-state index contributed by atoms with van der Waals surface area (Å²) in [6.07, 6.45) is 7.66. The molecule has 5 nitrogen and oxygen atoms in total. The Bertz CT molecular complexity index is 1200. The monoisotopic (exact) mass is 483 g/mol. The van der Waals surface area contributed by atoms with E-state index in [1.807, 2.05) is 24.3 Å². The van der Waals surface area contributed by atoms with E-state index < -0.39 is 0 Å². The summed E-state index contributed by atoms with van der Waals surface area (Å²) < 4.78 is 0. The minimum Gasteiger partial charge on any atom is -0.342 e. The number of fused-ring (bicyclic) bond motifs is 2. The van der Waals surface area contributed by atoms with E-state index in [0.717, 1.165) is 105 Å². The van der Waals surface area contributed by atoms with Crippen molar-refractivity contribution in [1.82, 2.24) is 14.7 Å². The highest BCUT2D eigenvalue weighted by Gasteiger charge is 2.35. The predicted octanol–water partition coefficient (Wildman–Crippen LogP) is 5.32. The summed E-state index contributed by atoms with van der Waals surface area (Å²) in [6.45, 7) is 5.42. The molecule has 3 aliphatic heterocycles. The Morgan fingerprint density at radius 2 is 1.31 bits per heavy atom. The lowest BCUT2D eigenvalue weighted by atomic mass is 9.91. The Morgan fingerprint density at radius 1 is 0.667 bits per heavy atom. The highest BCUT2D eigenvalue weighted by Crippen LogP contribution is 2.31. The lowest BCUT2D eigenvalue weighted by Gasteiger charge is -2.43. The molecular formula is C31H37N3O2. The minimum atomic E-state index is 0.151. The van der Waals surface area contributed by atoms with Crippen molar-refractivity contribution in [2.24, 2.45) is 5.92 Å². The first-order valence-corrected chi connectivity index (χ1v) is 13.9. The molecule has 3 saturated heterocycles. The summed E-state index contributed by atoms with van der Waals surface area (Å²) in [4.78, 5) is 33.8. The van der Waals surface area contributed by atoms with Crippen molar-refractivity contribution in [2.45, 2.75) is 51.0 Å². The molecule has 3 aliphatic rings. The zero-order valence-corrected chi connectivity index (χ0v) is 21.2. The zero-order valence-electron chi connectivity index (χ0n) is 21.2. The molecule has 3 aromatic carbocycles. The van der Waals surface area contributed by atoms with Gasteiger partial charge in [-0.25, -0.2) is 0 Å². The average molecular weight is 484 g/mol. The number of piperidine rings is 3. The van der Waals surface area contributed by atoms with E-state index in [4.69, 9.17) is 0 Å². The van der Waals surface area contributed by atoms with Crippen molar-refractivity contribution in [3.05, 3.63) is 60.2 Å². The molecule has 0 bridgehead atoms. The van der Waals surface area contributed by atoms with Crippen LogP contribution in [0.5, 0.6) is 0 Å². The van der Waals surface area contributed by atoms with Crippen LogP contribution >= 0.6 is 0 Å². The molecule has 0 aromatic heterocycles. The van der Waals surface area contributed by atoms with Crippen molar-refractivity contribution in [3.8, 4) is 0 Å². The van der Waals surface area contributed by atoms with E-state index in [1.54, 1.807) is 0 Å². The molecule has 5 heteroatoms. The van der Waals surface area contributed by atoms with E-state index >= 15 is 0 Å². The molecule has 0 spiro atoms. The van der Waals surface area contributed by atoms with Gasteiger partial charge in [0.2, 0.25) is 5.91 Å². The maximum absolute atomic E-state index is 13.9. The van der Waals surface area contributed by atoms with Gasteiger partial charge < -0.3 is 9.80 Å². The number of nitrogens with zero attached hydrogens (tertiary/aromatic N) is 3. The summed E-state index contributed by atoms with van der Waals surface area (Å²) in [5.41, 5.74) is 0.840. The molecule has 0 saturated carbocycles. The van der Waals surface area contributed by atoms with Gasteiger partial charge in [0.25, 0.3) is 5.91 Å². The Labute approximate surface area is 214 Å². The quantitative estimate of drug-likeness (QED) is 0.474. The van der Waals surface area contributed by atoms with Crippen LogP contribution in [0.2, 0.25) is 0 Å². The number of hydrogen-bond acceptors (Lipinski definition) is 3. The first-order chi connectivity index (χ1) is 17.7. The number of benzene rings is 3. The van der Waals surface area contributed by atoms with Gasteiger partial charge in [-0.3, -0.25) is 14.5 Å². The van der Waals surface area contributed by atoms with Gasteiger partial charge in [-0.05, 0) is 79.1 Å². The fourth-order valence-electron chi connectivity index (χ4n) is 6.75. The maximum Gasteiger partial charge on any atom is 0.255 e. The molecule has 0 unspecified atom stereocenters. The third-order valence-electron chi connectivity index (χ3n) is 8.72. The van der Waals surface area contributed by atoms with Crippen molar-refractivity contribution < 1.29 is 9.59 Å². The molecule has 36 heavy (non-hydrogen) atoms. The summed E-state index contributed by atoms with van der Waals surface area (Å²) >= 11 is 0. The van der Waals surface area contributed by atoms with Crippen LogP contribution in [0, 0.1) is 5.92 Å². The molecule has 3 aromatic rings. The average Bonchev–Trinajstić information content (AvgIpc) is 2.96.